The van der Waals surface area contributed by atoms with Crippen molar-refractivity contribution in [2.75, 3.05) is 7.11 Å². The van der Waals surface area contributed by atoms with Crippen molar-refractivity contribution in [3.05, 3.63) is 56.5 Å². The number of aromatic nitrogens is 3. The Balaban J connectivity index is 2.20. The highest BCUT2D eigenvalue weighted by Crippen LogP contribution is 2.25. The number of methoxy groups -OCH3 is 1. The number of fused-ring (bicyclic) bond motifs is 1. The van der Waals surface area contributed by atoms with Crippen LogP contribution in [0.1, 0.15) is 11.4 Å². The van der Waals surface area contributed by atoms with Crippen molar-refractivity contribution >= 4 is 27.6 Å². The maximum atomic E-state index is 12.4. The standard InChI is InChI=1S/C16H15N3O4S/c1-9-6-14(20)19(16(22)18(9)2)10-4-5-13-11(7-10)12(17-24-13)8-15(21)23-3/h4-7H,8H2,1-3H3. The van der Waals surface area contributed by atoms with E-state index >= 15 is 0 Å². The van der Waals surface area contributed by atoms with Gasteiger partial charge in [-0.25, -0.2) is 9.36 Å². The van der Waals surface area contributed by atoms with Gasteiger partial charge < -0.3 is 9.30 Å². The number of aryl methyl sites for hydroxylation is 1. The van der Waals surface area contributed by atoms with E-state index < -0.39 is 17.2 Å². The summed E-state index contributed by atoms with van der Waals surface area (Å²) in [6, 6.07) is 6.59. The average molecular weight is 345 g/mol. The van der Waals surface area contributed by atoms with Crippen LogP contribution in [0.25, 0.3) is 15.8 Å². The molecular formula is C16H15N3O4S. The van der Waals surface area contributed by atoms with Crippen molar-refractivity contribution in [1.82, 2.24) is 13.5 Å². The predicted molar refractivity (Wildman–Crippen MR) is 90.9 cm³/mol. The van der Waals surface area contributed by atoms with E-state index in [2.05, 4.69) is 9.11 Å². The van der Waals surface area contributed by atoms with Crippen LogP contribution in [0, 0.1) is 6.92 Å². The number of nitrogens with zero attached hydrogens (tertiary/aromatic N) is 3. The summed E-state index contributed by atoms with van der Waals surface area (Å²) >= 11 is 1.26. The molecule has 0 spiro atoms. The Morgan fingerprint density at radius 3 is 2.75 bits per heavy atom. The Labute approximate surface area is 140 Å². The van der Waals surface area contributed by atoms with Crippen LogP contribution in [0.15, 0.2) is 33.9 Å². The van der Waals surface area contributed by atoms with E-state index in [0.717, 1.165) is 14.7 Å². The van der Waals surface area contributed by atoms with Gasteiger partial charge in [-0.05, 0) is 36.7 Å². The fourth-order valence-electron chi connectivity index (χ4n) is 2.42. The van der Waals surface area contributed by atoms with Gasteiger partial charge in [-0.1, -0.05) is 0 Å². The molecule has 3 aromatic rings. The molecule has 0 unspecified atom stereocenters. The van der Waals surface area contributed by atoms with E-state index in [1.807, 2.05) is 0 Å². The molecule has 7 nitrogen and oxygen atoms in total. The molecule has 2 heterocycles. The van der Waals surface area contributed by atoms with E-state index in [1.54, 1.807) is 32.2 Å². The molecule has 0 aliphatic rings. The van der Waals surface area contributed by atoms with E-state index in [-0.39, 0.29) is 6.42 Å². The van der Waals surface area contributed by atoms with Crippen molar-refractivity contribution in [3.63, 3.8) is 0 Å². The van der Waals surface area contributed by atoms with Crippen molar-refractivity contribution in [2.24, 2.45) is 7.05 Å². The molecular weight excluding hydrogens is 330 g/mol. The first-order valence-corrected chi connectivity index (χ1v) is 7.95. The molecule has 8 heteroatoms. The second kappa shape index (κ2) is 6.04. The maximum absolute atomic E-state index is 12.4. The summed E-state index contributed by atoms with van der Waals surface area (Å²) in [5.74, 6) is -0.393. The highest BCUT2D eigenvalue weighted by Gasteiger charge is 2.14. The van der Waals surface area contributed by atoms with Gasteiger partial charge in [0, 0.05) is 24.2 Å². The van der Waals surface area contributed by atoms with Crippen LogP contribution in [-0.4, -0.2) is 26.6 Å². The van der Waals surface area contributed by atoms with Crippen LogP contribution in [0.5, 0.6) is 0 Å². The number of hydrogen-bond acceptors (Lipinski definition) is 6. The topological polar surface area (TPSA) is 83.2 Å². The highest BCUT2D eigenvalue weighted by molar-refractivity contribution is 7.13. The van der Waals surface area contributed by atoms with Crippen LogP contribution in [0.2, 0.25) is 0 Å². The molecule has 0 saturated carbocycles. The van der Waals surface area contributed by atoms with E-state index in [4.69, 9.17) is 0 Å². The lowest BCUT2D eigenvalue weighted by atomic mass is 10.1. The minimum absolute atomic E-state index is 0.0424. The lowest BCUT2D eigenvalue weighted by Gasteiger charge is -2.09. The average Bonchev–Trinajstić information content (AvgIpc) is 2.95. The molecule has 0 amide bonds. The zero-order chi connectivity index (χ0) is 17.4. The zero-order valence-corrected chi connectivity index (χ0v) is 14.2. The minimum Gasteiger partial charge on any atom is -0.469 e. The molecule has 0 radical (unpaired) electrons. The molecule has 0 N–H and O–H groups in total. The minimum atomic E-state index is -0.419. The third kappa shape index (κ3) is 2.65. The smallest absolute Gasteiger partial charge is 0.335 e. The highest BCUT2D eigenvalue weighted by atomic mass is 32.1. The lowest BCUT2D eigenvalue weighted by Crippen LogP contribution is -2.38. The van der Waals surface area contributed by atoms with Crippen molar-refractivity contribution in [1.29, 1.82) is 0 Å². The summed E-state index contributed by atoms with van der Waals surface area (Å²) < 4.78 is 12.3. The van der Waals surface area contributed by atoms with Gasteiger partial charge in [-0.3, -0.25) is 9.59 Å². The molecule has 0 aliphatic carbocycles. The predicted octanol–water partition coefficient (Wildman–Crippen LogP) is 1.17. The van der Waals surface area contributed by atoms with Crippen molar-refractivity contribution < 1.29 is 9.53 Å². The lowest BCUT2D eigenvalue weighted by molar-refractivity contribution is -0.139. The fourth-order valence-corrected chi connectivity index (χ4v) is 3.20. The largest absolute Gasteiger partial charge is 0.469 e. The van der Waals surface area contributed by atoms with Crippen LogP contribution >= 0.6 is 11.5 Å². The summed E-state index contributed by atoms with van der Waals surface area (Å²) in [6.07, 6.45) is 0.0424. The first-order valence-electron chi connectivity index (χ1n) is 7.17. The van der Waals surface area contributed by atoms with E-state index in [0.29, 0.717) is 17.1 Å². The monoisotopic (exact) mass is 345 g/mol. The fraction of sp³-hybridized carbons (Fsp3) is 0.250. The van der Waals surface area contributed by atoms with Crippen LogP contribution in [-0.2, 0) is 23.0 Å². The molecule has 2 aromatic heterocycles. The molecule has 0 saturated heterocycles. The molecule has 0 atom stereocenters. The molecule has 3 rings (SSSR count). The van der Waals surface area contributed by atoms with Crippen LogP contribution < -0.4 is 11.2 Å². The number of carbonyl (C=O) groups is 1. The quantitative estimate of drug-likeness (QED) is 0.666. The molecule has 0 aliphatic heterocycles. The van der Waals surface area contributed by atoms with Crippen molar-refractivity contribution in [2.45, 2.75) is 13.3 Å². The Morgan fingerprint density at radius 1 is 1.29 bits per heavy atom. The molecule has 0 bridgehead atoms. The molecule has 1 aromatic carbocycles. The molecule has 124 valence electrons. The molecule has 0 fully saturated rings. The SMILES string of the molecule is COC(=O)Cc1nsc2ccc(-n3c(=O)cc(C)n(C)c3=O)cc12. The van der Waals surface area contributed by atoms with Crippen LogP contribution in [0.4, 0.5) is 0 Å². The molecule has 24 heavy (non-hydrogen) atoms. The third-order valence-corrected chi connectivity index (χ3v) is 4.75. The Hall–Kier alpha value is -2.74. The number of esters is 1. The summed E-state index contributed by atoms with van der Waals surface area (Å²) in [4.78, 5) is 36.2. The van der Waals surface area contributed by atoms with Gasteiger partial charge in [-0.2, -0.15) is 4.37 Å². The van der Waals surface area contributed by atoms with Gasteiger partial charge >= 0.3 is 11.7 Å². The summed E-state index contributed by atoms with van der Waals surface area (Å²) in [6.45, 7) is 1.70. The Bertz CT molecular complexity index is 1060. The van der Waals surface area contributed by atoms with Gasteiger partial charge in [0.15, 0.2) is 0 Å². The Morgan fingerprint density at radius 2 is 2.04 bits per heavy atom. The zero-order valence-electron chi connectivity index (χ0n) is 13.4. The first kappa shape index (κ1) is 16.1. The van der Waals surface area contributed by atoms with Gasteiger partial charge in [0.25, 0.3) is 5.56 Å². The number of carbonyl (C=O) groups excluding carboxylic acids is 1. The second-order valence-corrected chi connectivity index (χ2v) is 6.17. The number of hydrogen-bond donors (Lipinski definition) is 0. The Kier molecular flexibility index (Phi) is 4.06. The second-order valence-electron chi connectivity index (χ2n) is 5.36. The van der Waals surface area contributed by atoms with Gasteiger partial charge in [0.1, 0.15) is 0 Å². The number of ether oxygens (including phenoxy) is 1. The van der Waals surface area contributed by atoms with Crippen molar-refractivity contribution in [3.8, 4) is 5.69 Å². The maximum Gasteiger partial charge on any atom is 0.335 e. The van der Waals surface area contributed by atoms with Gasteiger partial charge in [-0.15, -0.1) is 0 Å². The van der Waals surface area contributed by atoms with Gasteiger partial charge in [0.2, 0.25) is 0 Å². The van der Waals surface area contributed by atoms with Gasteiger partial charge in [0.05, 0.1) is 29.6 Å². The van der Waals surface area contributed by atoms with E-state index in [9.17, 15) is 14.4 Å². The summed E-state index contributed by atoms with van der Waals surface area (Å²) in [5.41, 5.74) is 0.788. The third-order valence-electron chi connectivity index (χ3n) is 3.89. The summed E-state index contributed by atoms with van der Waals surface area (Å²) in [7, 11) is 2.93. The van der Waals surface area contributed by atoms with Crippen LogP contribution in [0.3, 0.4) is 0 Å². The summed E-state index contributed by atoms with van der Waals surface area (Å²) in [5, 5.41) is 0.734. The normalized spacial score (nSPS) is 11.0. The number of rotatable bonds is 3. The number of benzene rings is 1. The first-order chi connectivity index (χ1) is 11.4. The van der Waals surface area contributed by atoms with E-state index in [1.165, 1.54) is 29.3 Å².